The van der Waals surface area contributed by atoms with Gasteiger partial charge in [-0.05, 0) is 74.5 Å². The number of aromatic nitrogens is 2. The van der Waals surface area contributed by atoms with Gasteiger partial charge in [-0.25, -0.2) is 4.98 Å². The Morgan fingerprint density at radius 1 is 1.17 bits per heavy atom. The van der Waals surface area contributed by atoms with Gasteiger partial charge in [0.15, 0.2) is 0 Å². The summed E-state index contributed by atoms with van der Waals surface area (Å²) in [7, 11) is 5.59. The highest BCUT2D eigenvalue weighted by Gasteiger charge is 2.34. The molecule has 3 aromatic rings. The average molecular weight is 511 g/mol. The minimum atomic E-state index is -0.656. The van der Waals surface area contributed by atoms with Gasteiger partial charge in [0, 0.05) is 50.1 Å². The highest BCUT2D eigenvalue weighted by molar-refractivity contribution is 7.99. The predicted octanol–water partition coefficient (Wildman–Crippen LogP) is 4.38. The molecule has 1 aliphatic rings. The van der Waals surface area contributed by atoms with E-state index in [1.54, 1.807) is 18.9 Å². The number of hydrogen-bond donors (Lipinski definition) is 2. The number of anilines is 1. The minimum Gasteiger partial charge on any atom is -0.497 e. The van der Waals surface area contributed by atoms with Crippen LogP contribution >= 0.6 is 11.8 Å². The third-order valence-electron chi connectivity index (χ3n) is 7.41. The predicted molar refractivity (Wildman–Crippen MR) is 147 cm³/mol. The highest BCUT2D eigenvalue weighted by Crippen LogP contribution is 2.41. The van der Waals surface area contributed by atoms with Crippen LogP contribution < -0.4 is 9.64 Å². The monoisotopic (exact) mass is 510 g/mol. The quantitative estimate of drug-likeness (QED) is 0.368. The van der Waals surface area contributed by atoms with Crippen molar-refractivity contribution in [2.24, 2.45) is 5.41 Å². The fourth-order valence-electron chi connectivity index (χ4n) is 5.05. The zero-order chi connectivity index (χ0) is 25.5. The maximum atomic E-state index is 11.4. The molecule has 0 aliphatic carbocycles. The van der Waals surface area contributed by atoms with Gasteiger partial charge in [0.1, 0.15) is 5.75 Å². The molecule has 2 aromatic heterocycles. The lowest BCUT2D eigenvalue weighted by molar-refractivity contribution is 0.0255. The minimum absolute atomic E-state index is 0.148. The van der Waals surface area contributed by atoms with E-state index in [4.69, 9.17) is 4.74 Å². The standard InChI is InChI=1S/C28H38N4O3S/c1-31(2)24-19-30-23-8-7-21(35-3)18-22(23)27(24)25(34)9-10-28(20-33)11-14-32(15-12-28)16-17-36-26-6-4-5-13-29-26/h4-8,13,18-19,25,33-34H,9-12,14-17,20H2,1-3H3/t25-/m0/s1. The van der Waals surface area contributed by atoms with Gasteiger partial charge in [0.05, 0.1) is 35.6 Å². The van der Waals surface area contributed by atoms with Gasteiger partial charge in [-0.15, -0.1) is 11.8 Å². The maximum Gasteiger partial charge on any atom is 0.119 e. The highest BCUT2D eigenvalue weighted by atomic mass is 32.2. The van der Waals surface area contributed by atoms with Gasteiger partial charge >= 0.3 is 0 Å². The van der Waals surface area contributed by atoms with Gasteiger partial charge in [0.25, 0.3) is 0 Å². The van der Waals surface area contributed by atoms with E-state index in [0.29, 0.717) is 6.42 Å². The van der Waals surface area contributed by atoms with Crippen LogP contribution in [0.1, 0.15) is 37.4 Å². The van der Waals surface area contributed by atoms with Crippen LogP contribution in [0.25, 0.3) is 10.9 Å². The molecule has 4 rings (SSSR count). The molecule has 0 bridgehead atoms. The second kappa shape index (κ2) is 12.2. The molecule has 194 valence electrons. The van der Waals surface area contributed by atoms with Crippen LogP contribution in [-0.2, 0) is 0 Å². The number of nitrogens with zero attached hydrogens (tertiary/aromatic N) is 4. The van der Waals surface area contributed by atoms with E-state index >= 15 is 0 Å². The van der Waals surface area contributed by atoms with E-state index in [2.05, 4.69) is 14.9 Å². The lowest BCUT2D eigenvalue weighted by Gasteiger charge is -2.41. The lowest BCUT2D eigenvalue weighted by Crippen LogP contribution is -2.43. The molecular weight excluding hydrogens is 472 g/mol. The second-order valence-electron chi connectivity index (χ2n) is 9.91. The molecule has 0 radical (unpaired) electrons. The summed E-state index contributed by atoms with van der Waals surface area (Å²) in [5, 5.41) is 23.8. The number of hydrogen-bond acceptors (Lipinski definition) is 8. The fraction of sp³-hybridized carbons (Fsp3) is 0.500. The SMILES string of the molecule is COc1ccc2ncc(N(C)C)c([C@@H](O)CCC3(CO)CCN(CCSc4ccccn4)CC3)c2c1. The van der Waals surface area contributed by atoms with Crippen molar-refractivity contribution < 1.29 is 14.9 Å². The van der Waals surface area contributed by atoms with Crippen LogP contribution in [-0.4, -0.2) is 78.3 Å². The molecule has 0 saturated carbocycles. The summed E-state index contributed by atoms with van der Waals surface area (Å²) in [6.45, 7) is 3.11. The molecule has 8 heteroatoms. The van der Waals surface area contributed by atoms with Gasteiger partial charge < -0.3 is 24.7 Å². The van der Waals surface area contributed by atoms with Gasteiger partial charge in [-0.2, -0.15) is 0 Å². The van der Waals surface area contributed by atoms with E-state index in [1.165, 1.54) is 0 Å². The van der Waals surface area contributed by atoms with Crippen LogP contribution in [0.5, 0.6) is 5.75 Å². The molecule has 1 fully saturated rings. The van der Waals surface area contributed by atoms with Crippen molar-refractivity contribution in [3.05, 3.63) is 54.4 Å². The molecule has 1 aliphatic heterocycles. The van der Waals surface area contributed by atoms with Crippen molar-refractivity contribution in [2.45, 2.75) is 36.8 Å². The Hall–Kier alpha value is -2.39. The number of pyridine rings is 2. The number of ether oxygens (including phenoxy) is 1. The number of benzene rings is 1. The third-order valence-corrected chi connectivity index (χ3v) is 8.33. The number of rotatable bonds is 11. The number of aliphatic hydroxyl groups is 2. The summed E-state index contributed by atoms with van der Waals surface area (Å²) in [4.78, 5) is 13.4. The molecule has 1 atom stereocenters. The number of fused-ring (bicyclic) bond motifs is 1. The molecule has 1 saturated heterocycles. The van der Waals surface area contributed by atoms with E-state index in [0.717, 1.165) is 77.6 Å². The Morgan fingerprint density at radius 2 is 1.97 bits per heavy atom. The van der Waals surface area contributed by atoms with Crippen LogP contribution in [0.2, 0.25) is 0 Å². The van der Waals surface area contributed by atoms with Crippen molar-refractivity contribution in [2.75, 3.05) is 58.1 Å². The summed E-state index contributed by atoms with van der Waals surface area (Å²) < 4.78 is 5.44. The first-order valence-electron chi connectivity index (χ1n) is 12.6. The summed E-state index contributed by atoms with van der Waals surface area (Å²) in [5.41, 5.74) is 2.47. The molecule has 2 N–H and O–H groups in total. The number of methoxy groups -OCH3 is 1. The normalized spacial score (nSPS) is 16.7. The molecule has 0 unspecified atom stereocenters. The molecular formula is C28H38N4O3S. The zero-order valence-corrected chi connectivity index (χ0v) is 22.4. The summed E-state index contributed by atoms with van der Waals surface area (Å²) in [6.07, 6.45) is 6.26. The van der Waals surface area contributed by atoms with Gasteiger partial charge in [-0.3, -0.25) is 4.98 Å². The van der Waals surface area contributed by atoms with E-state index in [-0.39, 0.29) is 12.0 Å². The van der Waals surface area contributed by atoms with Gasteiger partial charge in [-0.1, -0.05) is 6.07 Å². The Morgan fingerprint density at radius 3 is 2.64 bits per heavy atom. The van der Waals surface area contributed by atoms with Crippen LogP contribution in [0.4, 0.5) is 5.69 Å². The number of thioether (sulfide) groups is 1. The number of piperidine rings is 1. The topological polar surface area (TPSA) is 82.0 Å². The Bertz CT molecular complexity index is 1120. The van der Waals surface area contributed by atoms with Crippen molar-refractivity contribution in [1.29, 1.82) is 0 Å². The first-order valence-corrected chi connectivity index (χ1v) is 13.6. The zero-order valence-electron chi connectivity index (χ0n) is 21.6. The number of aliphatic hydroxyl groups excluding tert-OH is 2. The van der Waals surface area contributed by atoms with Crippen LogP contribution in [0.3, 0.4) is 0 Å². The molecule has 3 heterocycles. The Kier molecular flexibility index (Phi) is 9.06. The molecule has 1 aromatic carbocycles. The first kappa shape index (κ1) is 26.7. The van der Waals surface area contributed by atoms with E-state index in [9.17, 15) is 10.2 Å². The van der Waals surface area contributed by atoms with Crippen molar-refractivity contribution in [3.63, 3.8) is 0 Å². The van der Waals surface area contributed by atoms with Crippen LogP contribution in [0, 0.1) is 5.41 Å². The van der Waals surface area contributed by atoms with Crippen molar-refractivity contribution in [1.82, 2.24) is 14.9 Å². The lowest BCUT2D eigenvalue weighted by atomic mass is 9.74. The summed E-state index contributed by atoms with van der Waals surface area (Å²) in [5.74, 6) is 1.75. The molecule has 0 amide bonds. The molecule has 0 spiro atoms. The fourth-order valence-corrected chi connectivity index (χ4v) is 5.92. The van der Waals surface area contributed by atoms with Crippen molar-refractivity contribution >= 4 is 28.4 Å². The Balaban J connectivity index is 1.39. The van der Waals surface area contributed by atoms with E-state index in [1.807, 2.05) is 67.8 Å². The molecule has 7 nitrogen and oxygen atoms in total. The summed E-state index contributed by atoms with van der Waals surface area (Å²) in [6, 6.07) is 11.8. The molecule has 36 heavy (non-hydrogen) atoms. The van der Waals surface area contributed by atoms with E-state index < -0.39 is 6.10 Å². The first-order chi connectivity index (χ1) is 17.4. The van der Waals surface area contributed by atoms with Crippen LogP contribution in [0.15, 0.2) is 53.8 Å². The Labute approximate surface area is 218 Å². The average Bonchev–Trinajstić information content (AvgIpc) is 2.92. The summed E-state index contributed by atoms with van der Waals surface area (Å²) >= 11 is 1.79. The van der Waals surface area contributed by atoms with Gasteiger partial charge in [0.2, 0.25) is 0 Å². The van der Waals surface area contributed by atoms with Crippen molar-refractivity contribution in [3.8, 4) is 5.75 Å². The maximum absolute atomic E-state index is 11.4. The smallest absolute Gasteiger partial charge is 0.119 e. The third kappa shape index (κ3) is 6.29. The number of likely N-dealkylation sites (tertiary alicyclic amines) is 1. The second-order valence-corrected chi connectivity index (χ2v) is 11.0. The largest absolute Gasteiger partial charge is 0.497 e.